The van der Waals surface area contributed by atoms with Gasteiger partial charge in [0, 0.05) is 27.7 Å². The normalized spacial score (nSPS) is 21.7. The molecule has 1 unspecified atom stereocenters. The number of thiophene rings is 1. The monoisotopic (exact) mass is 301 g/mol. The summed E-state index contributed by atoms with van der Waals surface area (Å²) < 4.78 is 1.14. The minimum Gasteiger partial charge on any atom is -0.298 e. The highest BCUT2D eigenvalue weighted by molar-refractivity contribution is 9.10. The summed E-state index contributed by atoms with van der Waals surface area (Å²) in [6, 6.07) is 2.28. The molecule has 4 heteroatoms. The van der Waals surface area contributed by atoms with Crippen LogP contribution in [-0.4, -0.2) is 23.8 Å². The molecule has 2 rings (SSSR count). The molecule has 0 bridgehead atoms. The molecule has 0 N–H and O–H groups in total. The summed E-state index contributed by atoms with van der Waals surface area (Å²) in [5, 5.41) is 2.09. The Hall–Kier alpha value is -0.190. The van der Waals surface area contributed by atoms with Crippen molar-refractivity contribution in [3.63, 3.8) is 0 Å². The van der Waals surface area contributed by atoms with Crippen LogP contribution in [0, 0.1) is 0 Å². The maximum Gasteiger partial charge on any atom is 0.149 e. The minimum absolute atomic E-state index is 0.148. The van der Waals surface area contributed by atoms with Gasteiger partial charge < -0.3 is 0 Å². The molecule has 0 amide bonds. The number of likely N-dealkylation sites (N-methyl/N-ethyl adjacent to an activating group) is 1. The standard InChI is InChI=1S/C12H16BrNOS/c1-14(7-10-6-9(13)8-16-10)11-4-2-3-5-12(11)15/h6,8,11H,2-5,7H2,1H3. The van der Waals surface area contributed by atoms with E-state index in [1.807, 2.05) is 0 Å². The molecule has 0 aliphatic heterocycles. The van der Waals surface area contributed by atoms with Gasteiger partial charge in [0.2, 0.25) is 0 Å². The van der Waals surface area contributed by atoms with E-state index in [1.165, 1.54) is 11.3 Å². The Balaban J connectivity index is 1.96. The molecule has 1 aromatic heterocycles. The average Bonchev–Trinajstić information content (AvgIpc) is 2.64. The zero-order chi connectivity index (χ0) is 11.5. The molecule has 0 spiro atoms. The van der Waals surface area contributed by atoms with E-state index in [2.05, 4.69) is 39.3 Å². The second-order valence-corrected chi connectivity index (χ2v) is 6.29. The highest BCUT2D eigenvalue weighted by atomic mass is 79.9. The van der Waals surface area contributed by atoms with E-state index in [0.29, 0.717) is 5.78 Å². The van der Waals surface area contributed by atoms with E-state index in [1.54, 1.807) is 11.3 Å². The van der Waals surface area contributed by atoms with Crippen LogP contribution in [0.4, 0.5) is 0 Å². The molecule has 1 aromatic rings. The number of Topliss-reactive ketones (excluding diaryl/α,β-unsaturated/α-hetero) is 1. The van der Waals surface area contributed by atoms with Crippen LogP contribution in [0.15, 0.2) is 15.9 Å². The van der Waals surface area contributed by atoms with Gasteiger partial charge in [-0.3, -0.25) is 9.69 Å². The lowest BCUT2D eigenvalue weighted by molar-refractivity contribution is -0.125. The first kappa shape index (κ1) is 12.3. The zero-order valence-electron chi connectivity index (χ0n) is 9.41. The van der Waals surface area contributed by atoms with Gasteiger partial charge >= 0.3 is 0 Å². The molecule has 1 atom stereocenters. The number of ketones is 1. The first-order chi connectivity index (χ1) is 7.66. The molecule has 16 heavy (non-hydrogen) atoms. The van der Waals surface area contributed by atoms with Crippen molar-refractivity contribution < 1.29 is 4.79 Å². The SMILES string of the molecule is CN(Cc1cc(Br)cs1)C1CCCCC1=O. The lowest BCUT2D eigenvalue weighted by Crippen LogP contribution is -2.39. The van der Waals surface area contributed by atoms with Crippen LogP contribution >= 0.6 is 27.3 Å². The number of carbonyl (C=O) groups excluding carboxylic acids is 1. The van der Waals surface area contributed by atoms with E-state index in [0.717, 1.165) is 30.3 Å². The molecule has 0 saturated heterocycles. The van der Waals surface area contributed by atoms with E-state index in [-0.39, 0.29) is 6.04 Å². The summed E-state index contributed by atoms with van der Waals surface area (Å²) in [6.07, 6.45) is 4.06. The number of hydrogen-bond donors (Lipinski definition) is 0. The van der Waals surface area contributed by atoms with E-state index >= 15 is 0 Å². The number of carbonyl (C=O) groups is 1. The Labute approximate surface area is 109 Å². The van der Waals surface area contributed by atoms with Gasteiger partial charge in [-0.2, -0.15) is 0 Å². The van der Waals surface area contributed by atoms with Crippen molar-refractivity contribution in [1.82, 2.24) is 4.90 Å². The molecular formula is C12H16BrNOS. The summed E-state index contributed by atoms with van der Waals surface area (Å²) in [5.74, 6) is 0.421. The quantitative estimate of drug-likeness (QED) is 0.852. The molecule has 0 radical (unpaired) electrons. The smallest absolute Gasteiger partial charge is 0.149 e. The Kier molecular flexibility index (Phi) is 4.16. The van der Waals surface area contributed by atoms with Gasteiger partial charge in [0.05, 0.1) is 6.04 Å². The second-order valence-electron chi connectivity index (χ2n) is 4.37. The van der Waals surface area contributed by atoms with E-state index in [9.17, 15) is 4.79 Å². The molecular weight excluding hydrogens is 286 g/mol. The van der Waals surface area contributed by atoms with Crippen LogP contribution in [0.3, 0.4) is 0 Å². The van der Waals surface area contributed by atoms with Crippen molar-refractivity contribution in [2.75, 3.05) is 7.05 Å². The Morgan fingerprint density at radius 2 is 2.38 bits per heavy atom. The Bertz CT molecular complexity index is 377. The maximum atomic E-state index is 11.8. The molecule has 1 fully saturated rings. The number of rotatable bonds is 3. The van der Waals surface area contributed by atoms with Crippen LogP contribution in [0.2, 0.25) is 0 Å². The van der Waals surface area contributed by atoms with Crippen LogP contribution in [0.1, 0.15) is 30.6 Å². The van der Waals surface area contributed by atoms with Crippen molar-refractivity contribution in [3.05, 3.63) is 20.8 Å². The third-order valence-electron chi connectivity index (χ3n) is 3.08. The van der Waals surface area contributed by atoms with Gasteiger partial charge in [0.1, 0.15) is 5.78 Å². The van der Waals surface area contributed by atoms with Crippen LogP contribution < -0.4 is 0 Å². The largest absolute Gasteiger partial charge is 0.298 e. The first-order valence-electron chi connectivity index (χ1n) is 5.62. The predicted octanol–water partition coefficient (Wildman–Crippen LogP) is 3.45. The third kappa shape index (κ3) is 2.93. The van der Waals surface area contributed by atoms with Gasteiger partial charge in [-0.25, -0.2) is 0 Å². The molecule has 1 aliphatic carbocycles. The fraction of sp³-hybridized carbons (Fsp3) is 0.583. The van der Waals surface area contributed by atoms with Gasteiger partial charge in [-0.1, -0.05) is 6.42 Å². The van der Waals surface area contributed by atoms with Crippen molar-refractivity contribution in [2.24, 2.45) is 0 Å². The van der Waals surface area contributed by atoms with Crippen molar-refractivity contribution in [2.45, 2.75) is 38.3 Å². The minimum atomic E-state index is 0.148. The van der Waals surface area contributed by atoms with E-state index in [4.69, 9.17) is 0 Å². The molecule has 1 heterocycles. The molecule has 0 aromatic carbocycles. The van der Waals surface area contributed by atoms with Gasteiger partial charge in [0.25, 0.3) is 0 Å². The Morgan fingerprint density at radius 3 is 3.00 bits per heavy atom. The van der Waals surface area contributed by atoms with Crippen LogP contribution in [-0.2, 0) is 11.3 Å². The van der Waals surface area contributed by atoms with Crippen LogP contribution in [0.5, 0.6) is 0 Å². The second kappa shape index (κ2) is 5.43. The van der Waals surface area contributed by atoms with E-state index < -0.39 is 0 Å². The van der Waals surface area contributed by atoms with Crippen molar-refractivity contribution in [3.8, 4) is 0 Å². The topological polar surface area (TPSA) is 20.3 Å². The number of hydrogen-bond acceptors (Lipinski definition) is 3. The van der Waals surface area contributed by atoms with Gasteiger partial charge in [-0.05, 0) is 41.9 Å². The fourth-order valence-corrected chi connectivity index (χ4v) is 3.74. The number of halogens is 1. The van der Waals surface area contributed by atoms with Gasteiger partial charge in [-0.15, -0.1) is 11.3 Å². The lowest BCUT2D eigenvalue weighted by atomic mass is 9.93. The highest BCUT2D eigenvalue weighted by Gasteiger charge is 2.25. The van der Waals surface area contributed by atoms with Crippen LogP contribution in [0.25, 0.3) is 0 Å². The van der Waals surface area contributed by atoms with Crippen molar-refractivity contribution >= 4 is 33.0 Å². The summed E-state index contributed by atoms with van der Waals surface area (Å²) >= 11 is 5.20. The molecule has 1 aliphatic rings. The van der Waals surface area contributed by atoms with Crippen molar-refractivity contribution in [1.29, 1.82) is 0 Å². The molecule has 1 saturated carbocycles. The highest BCUT2D eigenvalue weighted by Crippen LogP contribution is 2.24. The molecule has 2 nitrogen and oxygen atoms in total. The maximum absolute atomic E-state index is 11.8. The summed E-state index contributed by atoms with van der Waals surface area (Å²) in [7, 11) is 2.06. The molecule has 88 valence electrons. The summed E-state index contributed by atoms with van der Waals surface area (Å²) in [4.78, 5) is 15.3. The van der Waals surface area contributed by atoms with Gasteiger partial charge in [0.15, 0.2) is 0 Å². The Morgan fingerprint density at radius 1 is 1.56 bits per heavy atom. The third-order valence-corrected chi connectivity index (χ3v) is 4.76. The number of nitrogens with zero attached hydrogens (tertiary/aromatic N) is 1. The summed E-state index contributed by atoms with van der Waals surface area (Å²) in [6.45, 7) is 0.882. The summed E-state index contributed by atoms with van der Waals surface area (Å²) in [5.41, 5.74) is 0. The zero-order valence-corrected chi connectivity index (χ0v) is 11.8. The predicted molar refractivity (Wildman–Crippen MR) is 70.7 cm³/mol. The lowest BCUT2D eigenvalue weighted by Gasteiger charge is -2.29. The first-order valence-corrected chi connectivity index (χ1v) is 7.30. The average molecular weight is 302 g/mol. The fourth-order valence-electron chi connectivity index (χ4n) is 2.22.